The predicted octanol–water partition coefficient (Wildman–Crippen LogP) is 0.0487. The smallest absolute Gasteiger partial charge is 0.0903 e. The molecule has 2 N–H and O–H groups in total. The molecule has 0 aliphatic carbocycles. The van der Waals surface area contributed by atoms with Crippen LogP contribution in [-0.4, -0.2) is 31.9 Å². The zero-order valence-electron chi connectivity index (χ0n) is 5.96. The highest BCUT2D eigenvalue weighted by Crippen LogP contribution is 1.84. The van der Waals surface area contributed by atoms with Gasteiger partial charge in [-0.05, 0) is 0 Å². The first kappa shape index (κ1) is 8.17. The second-order valence-corrected chi connectivity index (χ2v) is 1.98. The summed E-state index contributed by atoms with van der Waals surface area (Å²) in [5.41, 5.74) is 5.92. The quantitative estimate of drug-likeness (QED) is 0.430. The van der Waals surface area contributed by atoms with E-state index in [1.807, 2.05) is 19.0 Å². The standard InChI is InChI=1S/C6H13N3/c1-6(4-7)8-5-9(2)3/h5H,1,4,7H2,2-3H3. The molecule has 0 aliphatic heterocycles. The lowest BCUT2D eigenvalue weighted by atomic mass is 10.5. The van der Waals surface area contributed by atoms with Gasteiger partial charge in [-0.15, -0.1) is 0 Å². The molecule has 0 radical (unpaired) electrons. The zero-order valence-corrected chi connectivity index (χ0v) is 5.96. The fourth-order valence-electron chi connectivity index (χ4n) is 0.250. The van der Waals surface area contributed by atoms with Crippen molar-refractivity contribution in [2.75, 3.05) is 20.6 Å². The Morgan fingerprint density at radius 1 is 1.78 bits per heavy atom. The van der Waals surface area contributed by atoms with Crippen molar-refractivity contribution in [2.45, 2.75) is 0 Å². The molecule has 3 nitrogen and oxygen atoms in total. The van der Waals surface area contributed by atoms with Crippen molar-refractivity contribution in [3.05, 3.63) is 12.3 Å². The van der Waals surface area contributed by atoms with Gasteiger partial charge in [0, 0.05) is 26.3 Å². The van der Waals surface area contributed by atoms with E-state index in [0.29, 0.717) is 12.2 Å². The van der Waals surface area contributed by atoms with Crippen LogP contribution in [0.5, 0.6) is 0 Å². The third kappa shape index (κ3) is 5.03. The molecule has 0 aromatic carbocycles. The summed E-state index contributed by atoms with van der Waals surface area (Å²) in [5.74, 6) is 0. The fraction of sp³-hybridized carbons (Fsp3) is 0.500. The Labute approximate surface area is 55.9 Å². The Hall–Kier alpha value is -0.830. The van der Waals surface area contributed by atoms with Gasteiger partial charge in [0.25, 0.3) is 0 Å². The summed E-state index contributed by atoms with van der Waals surface area (Å²) in [5, 5.41) is 0. The molecular formula is C6H13N3. The summed E-state index contributed by atoms with van der Waals surface area (Å²) in [6, 6.07) is 0. The minimum Gasteiger partial charge on any atom is -0.369 e. The SMILES string of the molecule is C=C(CN)N=CN(C)C. The molecule has 0 rings (SSSR count). The zero-order chi connectivity index (χ0) is 7.28. The molecule has 0 aliphatic rings. The van der Waals surface area contributed by atoms with Crippen LogP contribution < -0.4 is 5.73 Å². The van der Waals surface area contributed by atoms with E-state index >= 15 is 0 Å². The van der Waals surface area contributed by atoms with Gasteiger partial charge in [-0.2, -0.15) is 0 Å². The van der Waals surface area contributed by atoms with E-state index in [0.717, 1.165) is 0 Å². The lowest BCUT2D eigenvalue weighted by molar-refractivity contribution is 0.641. The van der Waals surface area contributed by atoms with Gasteiger partial charge in [0.2, 0.25) is 0 Å². The van der Waals surface area contributed by atoms with Crippen LogP contribution in [0.15, 0.2) is 17.3 Å². The summed E-state index contributed by atoms with van der Waals surface area (Å²) in [7, 11) is 3.79. The minimum atomic E-state index is 0.421. The van der Waals surface area contributed by atoms with E-state index in [2.05, 4.69) is 11.6 Å². The van der Waals surface area contributed by atoms with E-state index in [1.165, 1.54) is 0 Å². The number of rotatable bonds is 3. The topological polar surface area (TPSA) is 41.6 Å². The summed E-state index contributed by atoms with van der Waals surface area (Å²) < 4.78 is 0. The van der Waals surface area contributed by atoms with Gasteiger partial charge < -0.3 is 10.6 Å². The van der Waals surface area contributed by atoms with Crippen molar-refractivity contribution in [3.8, 4) is 0 Å². The average Bonchev–Trinajstić information content (AvgIpc) is 1.83. The molecule has 52 valence electrons. The van der Waals surface area contributed by atoms with Crippen LogP contribution in [0.1, 0.15) is 0 Å². The van der Waals surface area contributed by atoms with Crippen LogP contribution in [0.2, 0.25) is 0 Å². The van der Waals surface area contributed by atoms with Crippen LogP contribution in [0.25, 0.3) is 0 Å². The molecule has 0 aromatic heterocycles. The largest absolute Gasteiger partial charge is 0.369 e. The van der Waals surface area contributed by atoms with Gasteiger partial charge in [-0.25, -0.2) is 4.99 Å². The van der Waals surface area contributed by atoms with Crippen molar-refractivity contribution >= 4 is 6.34 Å². The van der Waals surface area contributed by atoms with Gasteiger partial charge in [0.1, 0.15) is 0 Å². The molecule has 0 heterocycles. The molecule has 0 aromatic rings. The summed E-state index contributed by atoms with van der Waals surface area (Å²) >= 11 is 0. The third-order valence-corrected chi connectivity index (χ3v) is 0.707. The van der Waals surface area contributed by atoms with Gasteiger partial charge in [-0.1, -0.05) is 6.58 Å². The van der Waals surface area contributed by atoms with Gasteiger partial charge in [0.05, 0.1) is 6.34 Å². The summed E-state index contributed by atoms with van der Waals surface area (Å²) in [6.07, 6.45) is 1.68. The normalized spacial score (nSPS) is 10.1. The van der Waals surface area contributed by atoms with Crippen LogP contribution in [-0.2, 0) is 0 Å². The number of nitrogens with zero attached hydrogens (tertiary/aromatic N) is 2. The molecule has 3 heteroatoms. The highest BCUT2D eigenvalue weighted by atomic mass is 15.1. The lowest BCUT2D eigenvalue weighted by Crippen LogP contribution is -2.09. The van der Waals surface area contributed by atoms with Crippen molar-refractivity contribution in [2.24, 2.45) is 10.7 Å². The van der Waals surface area contributed by atoms with E-state index in [9.17, 15) is 0 Å². The fourth-order valence-corrected chi connectivity index (χ4v) is 0.250. The maximum absolute atomic E-state index is 5.23. The first-order chi connectivity index (χ1) is 4.16. The monoisotopic (exact) mass is 127 g/mol. The molecule has 0 spiro atoms. The van der Waals surface area contributed by atoms with Crippen LogP contribution >= 0.6 is 0 Å². The van der Waals surface area contributed by atoms with Gasteiger partial charge >= 0.3 is 0 Å². The molecule has 0 fully saturated rings. The molecule has 0 bridgehead atoms. The third-order valence-electron chi connectivity index (χ3n) is 0.707. The molecule has 0 saturated carbocycles. The maximum Gasteiger partial charge on any atom is 0.0903 e. The van der Waals surface area contributed by atoms with E-state index in [-0.39, 0.29) is 0 Å². The minimum absolute atomic E-state index is 0.421. The molecule has 0 amide bonds. The Bertz CT molecular complexity index is 115. The number of hydrogen-bond acceptors (Lipinski definition) is 2. The Morgan fingerprint density at radius 2 is 2.33 bits per heavy atom. The Kier molecular flexibility index (Phi) is 3.71. The lowest BCUT2D eigenvalue weighted by Gasteiger charge is -2.01. The van der Waals surface area contributed by atoms with Gasteiger partial charge in [-0.3, -0.25) is 0 Å². The molecule has 9 heavy (non-hydrogen) atoms. The second-order valence-electron chi connectivity index (χ2n) is 1.98. The number of nitrogens with two attached hydrogens (primary N) is 1. The number of hydrogen-bond donors (Lipinski definition) is 1. The average molecular weight is 127 g/mol. The van der Waals surface area contributed by atoms with E-state index in [4.69, 9.17) is 5.73 Å². The predicted molar refractivity (Wildman–Crippen MR) is 40.4 cm³/mol. The van der Waals surface area contributed by atoms with Crippen LogP contribution in [0, 0.1) is 0 Å². The second kappa shape index (κ2) is 4.09. The van der Waals surface area contributed by atoms with E-state index < -0.39 is 0 Å². The van der Waals surface area contributed by atoms with Crippen molar-refractivity contribution in [3.63, 3.8) is 0 Å². The summed E-state index contributed by atoms with van der Waals surface area (Å²) in [6.45, 7) is 4.02. The van der Waals surface area contributed by atoms with Crippen molar-refractivity contribution in [1.29, 1.82) is 0 Å². The van der Waals surface area contributed by atoms with E-state index in [1.54, 1.807) is 6.34 Å². The first-order valence-electron chi connectivity index (χ1n) is 2.75. The highest BCUT2D eigenvalue weighted by Gasteiger charge is 1.81. The first-order valence-corrected chi connectivity index (χ1v) is 2.75. The Balaban J connectivity index is 3.57. The molecule has 0 saturated heterocycles. The van der Waals surface area contributed by atoms with Crippen molar-refractivity contribution < 1.29 is 0 Å². The molecule has 0 atom stereocenters. The number of aliphatic imine (C=N–C) groups is 1. The van der Waals surface area contributed by atoms with Crippen LogP contribution in [0.3, 0.4) is 0 Å². The highest BCUT2D eigenvalue weighted by molar-refractivity contribution is 5.55. The molecular weight excluding hydrogens is 114 g/mol. The Morgan fingerprint density at radius 3 is 2.67 bits per heavy atom. The molecule has 0 unspecified atom stereocenters. The maximum atomic E-state index is 5.23. The van der Waals surface area contributed by atoms with Crippen LogP contribution in [0.4, 0.5) is 0 Å². The van der Waals surface area contributed by atoms with Gasteiger partial charge in [0.15, 0.2) is 0 Å². The van der Waals surface area contributed by atoms with Crippen molar-refractivity contribution in [1.82, 2.24) is 4.90 Å². The summed E-state index contributed by atoms with van der Waals surface area (Å²) in [4.78, 5) is 5.76.